The summed E-state index contributed by atoms with van der Waals surface area (Å²) in [6.45, 7) is 2.49. The summed E-state index contributed by atoms with van der Waals surface area (Å²) in [7, 11) is 0. The summed E-state index contributed by atoms with van der Waals surface area (Å²) in [4.78, 5) is 12.1. The predicted octanol–water partition coefficient (Wildman–Crippen LogP) is 6.73. The summed E-state index contributed by atoms with van der Waals surface area (Å²) in [5, 5.41) is 29.7. The number of hydrogen-bond donors (Lipinski definition) is 3. The number of aryl methyl sites for hydroxylation is 1. The molecule has 0 aliphatic carbocycles. The number of carbonyl (C=O) groups excluding carboxylic acids is 1. The first-order valence-corrected chi connectivity index (χ1v) is 12.2. The van der Waals surface area contributed by atoms with E-state index in [1.54, 1.807) is 54.6 Å². The van der Waals surface area contributed by atoms with Gasteiger partial charge in [-0.3, -0.25) is 4.79 Å². The van der Waals surface area contributed by atoms with E-state index in [0.29, 0.717) is 31.6 Å². The van der Waals surface area contributed by atoms with Gasteiger partial charge in [-0.05, 0) is 84.0 Å². The van der Waals surface area contributed by atoms with Crippen LogP contribution in [0, 0.1) is 0 Å². The van der Waals surface area contributed by atoms with E-state index in [2.05, 4.69) is 6.92 Å². The Morgan fingerprint density at radius 1 is 0.886 bits per heavy atom. The summed E-state index contributed by atoms with van der Waals surface area (Å²) in [5.41, 5.74) is 3.64. The molecule has 3 rings (SSSR count). The Balaban J connectivity index is 1.58. The largest absolute Gasteiger partial charge is 0.508 e. The van der Waals surface area contributed by atoms with Crippen LogP contribution in [0.1, 0.15) is 50.2 Å². The number of phenolic OH excluding ortho intramolecular Hbond substituents is 3. The maximum Gasteiger partial charge on any atom is 0.161 e. The minimum absolute atomic E-state index is 0.0559. The maximum atomic E-state index is 12.1. The molecule has 0 aliphatic heterocycles. The van der Waals surface area contributed by atoms with Crippen LogP contribution in [0.15, 0.2) is 72.8 Å². The Kier molecular flexibility index (Phi) is 9.79. The van der Waals surface area contributed by atoms with Crippen molar-refractivity contribution in [2.24, 2.45) is 0 Å². The van der Waals surface area contributed by atoms with E-state index in [1.807, 2.05) is 18.2 Å². The van der Waals surface area contributed by atoms with Crippen LogP contribution in [0.5, 0.6) is 23.0 Å². The highest BCUT2D eigenvalue weighted by Gasteiger charge is 2.10. The van der Waals surface area contributed by atoms with Gasteiger partial charge in [0, 0.05) is 12.8 Å². The van der Waals surface area contributed by atoms with Crippen LogP contribution in [-0.2, 0) is 17.6 Å². The lowest BCUT2D eigenvalue weighted by atomic mass is 9.97. The zero-order valence-electron chi connectivity index (χ0n) is 20.2. The van der Waals surface area contributed by atoms with Crippen LogP contribution in [0.3, 0.4) is 0 Å². The third-order valence-corrected chi connectivity index (χ3v) is 5.86. The number of allylic oxidation sites excluding steroid dienone is 2. The van der Waals surface area contributed by atoms with Crippen LogP contribution in [0.2, 0.25) is 0 Å². The smallest absolute Gasteiger partial charge is 0.161 e. The Labute approximate surface area is 207 Å². The van der Waals surface area contributed by atoms with Gasteiger partial charge in [-0.15, -0.1) is 0 Å². The van der Waals surface area contributed by atoms with Gasteiger partial charge in [-0.25, -0.2) is 0 Å². The maximum absolute atomic E-state index is 12.1. The molecule has 0 saturated heterocycles. The number of phenols is 3. The van der Waals surface area contributed by atoms with Crippen molar-refractivity contribution >= 4 is 5.78 Å². The number of aromatic hydroxyl groups is 3. The summed E-state index contributed by atoms with van der Waals surface area (Å²) >= 11 is 0. The van der Waals surface area contributed by atoms with Gasteiger partial charge in [-0.2, -0.15) is 0 Å². The highest BCUT2D eigenvalue weighted by Crippen LogP contribution is 2.31. The Morgan fingerprint density at radius 3 is 2.43 bits per heavy atom. The average molecular weight is 475 g/mol. The highest BCUT2D eigenvalue weighted by molar-refractivity contribution is 5.89. The first-order chi connectivity index (χ1) is 17.0. The molecule has 3 aromatic carbocycles. The van der Waals surface area contributed by atoms with Crippen molar-refractivity contribution in [1.29, 1.82) is 0 Å². The number of carbonyl (C=O) groups is 1. The molecular weight excluding hydrogens is 440 g/mol. The molecule has 0 bridgehead atoms. The van der Waals surface area contributed by atoms with Crippen LogP contribution in [0.4, 0.5) is 0 Å². The zero-order chi connectivity index (χ0) is 25.0. The summed E-state index contributed by atoms with van der Waals surface area (Å²) in [5.74, 6) is 0.883. The van der Waals surface area contributed by atoms with Gasteiger partial charge in [0.05, 0.1) is 6.61 Å². The lowest BCUT2D eigenvalue weighted by Gasteiger charge is -2.13. The van der Waals surface area contributed by atoms with E-state index in [0.717, 1.165) is 35.1 Å². The second-order valence-electron chi connectivity index (χ2n) is 8.65. The monoisotopic (exact) mass is 474 g/mol. The van der Waals surface area contributed by atoms with Crippen molar-refractivity contribution in [1.82, 2.24) is 0 Å². The molecule has 35 heavy (non-hydrogen) atoms. The van der Waals surface area contributed by atoms with Gasteiger partial charge >= 0.3 is 0 Å². The van der Waals surface area contributed by atoms with Gasteiger partial charge in [0.15, 0.2) is 17.3 Å². The summed E-state index contributed by atoms with van der Waals surface area (Å²) < 4.78 is 5.88. The molecule has 5 nitrogen and oxygen atoms in total. The zero-order valence-corrected chi connectivity index (χ0v) is 20.2. The van der Waals surface area contributed by atoms with E-state index in [9.17, 15) is 20.1 Å². The minimum Gasteiger partial charge on any atom is -0.508 e. The molecule has 0 aromatic heterocycles. The van der Waals surface area contributed by atoms with E-state index >= 15 is 0 Å². The first kappa shape index (κ1) is 25.9. The van der Waals surface area contributed by atoms with Gasteiger partial charge < -0.3 is 20.1 Å². The number of ketones is 1. The van der Waals surface area contributed by atoms with Gasteiger partial charge in [-0.1, -0.05) is 50.1 Å². The Hall–Kier alpha value is -3.73. The van der Waals surface area contributed by atoms with Crippen molar-refractivity contribution in [2.75, 3.05) is 6.61 Å². The van der Waals surface area contributed by atoms with Gasteiger partial charge in [0.25, 0.3) is 0 Å². The van der Waals surface area contributed by atoms with E-state index in [-0.39, 0.29) is 23.0 Å². The number of benzene rings is 3. The lowest BCUT2D eigenvalue weighted by molar-refractivity contribution is -0.114. The third kappa shape index (κ3) is 8.21. The molecule has 0 atom stereocenters. The second kappa shape index (κ2) is 13.2. The molecule has 0 saturated carbocycles. The molecular formula is C30H34O5. The van der Waals surface area contributed by atoms with E-state index < -0.39 is 0 Å². The predicted molar refractivity (Wildman–Crippen MR) is 139 cm³/mol. The van der Waals surface area contributed by atoms with Crippen molar-refractivity contribution in [3.05, 3.63) is 83.9 Å². The van der Waals surface area contributed by atoms with Crippen LogP contribution in [-0.4, -0.2) is 27.7 Å². The number of unbranched alkanes of at least 4 members (excludes halogenated alkanes) is 3. The molecule has 5 heteroatoms. The number of ether oxygens (including phenoxy) is 1. The third-order valence-electron chi connectivity index (χ3n) is 5.86. The highest BCUT2D eigenvalue weighted by atomic mass is 16.5. The summed E-state index contributed by atoms with van der Waals surface area (Å²) in [6.07, 6.45) is 9.58. The summed E-state index contributed by atoms with van der Waals surface area (Å²) in [6, 6.07) is 17.2. The quantitative estimate of drug-likeness (QED) is 0.189. The fraction of sp³-hybridized carbons (Fsp3) is 0.300. The lowest BCUT2D eigenvalue weighted by Crippen LogP contribution is -2.04. The van der Waals surface area contributed by atoms with Crippen LogP contribution in [0.25, 0.3) is 11.1 Å². The van der Waals surface area contributed by atoms with Crippen LogP contribution >= 0.6 is 0 Å². The minimum atomic E-state index is 0.0559. The fourth-order valence-corrected chi connectivity index (χ4v) is 3.87. The Bertz CT molecular complexity index is 1130. The number of rotatable bonds is 13. The molecule has 0 fully saturated rings. The van der Waals surface area contributed by atoms with Crippen molar-refractivity contribution < 1.29 is 24.9 Å². The standard InChI is InChI=1S/C30H34O5/c1-2-3-4-5-6-7-25(31)13-8-22-9-17-29(34)30(20-22)35-19-18-24-12-16-27(33)21-28(24)23-10-14-26(32)15-11-23/h6-7,9-12,14-17,20-21,32-34H,2-5,8,13,18-19H2,1H3. The molecule has 0 amide bonds. The molecule has 3 aromatic rings. The van der Waals surface area contributed by atoms with Crippen molar-refractivity contribution in [2.45, 2.75) is 51.9 Å². The molecule has 0 radical (unpaired) electrons. The van der Waals surface area contributed by atoms with E-state index in [4.69, 9.17) is 4.74 Å². The Morgan fingerprint density at radius 2 is 1.66 bits per heavy atom. The SMILES string of the molecule is CCCCCC=CC(=O)CCc1ccc(O)c(OCCc2ccc(O)cc2-c2ccc(O)cc2)c1. The molecule has 184 valence electrons. The second-order valence-corrected chi connectivity index (χ2v) is 8.65. The van der Waals surface area contributed by atoms with Crippen molar-refractivity contribution in [3.8, 4) is 34.1 Å². The molecule has 0 heterocycles. The van der Waals surface area contributed by atoms with E-state index in [1.165, 1.54) is 12.8 Å². The van der Waals surface area contributed by atoms with Gasteiger partial charge in [0.1, 0.15) is 11.5 Å². The number of hydrogen-bond acceptors (Lipinski definition) is 5. The molecule has 0 aliphatic rings. The molecule has 3 N–H and O–H groups in total. The normalized spacial score (nSPS) is 11.1. The van der Waals surface area contributed by atoms with Gasteiger partial charge in [0.2, 0.25) is 0 Å². The van der Waals surface area contributed by atoms with Crippen molar-refractivity contribution in [3.63, 3.8) is 0 Å². The topological polar surface area (TPSA) is 87.0 Å². The average Bonchev–Trinajstić information content (AvgIpc) is 2.85. The fourth-order valence-electron chi connectivity index (χ4n) is 3.87. The molecule has 0 spiro atoms. The van der Waals surface area contributed by atoms with Crippen LogP contribution < -0.4 is 4.74 Å². The first-order valence-electron chi connectivity index (χ1n) is 12.2. The molecule has 0 unspecified atom stereocenters.